The number of benzene rings is 1. The number of unbranched alkanes of at least 4 members (excludes halogenated alkanes) is 3. The van der Waals surface area contributed by atoms with Crippen molar-refractivity contribution in [1.82, 2.24) is 4.72 Å². The number of esters is 1. The quantitative estimate of drug-likeness (QED) is 0.0949. The molecule has 1 N–H and O–H groups in total. The standard InChI is InChI=1S/C21H29N3O4S/c1-4-6-7-8-9-17(24-29(27)18-12-10-16(3)11-13-18)15-19(25)20(23-22)21(26)28-14-5-2/h5,10-13,17,24H,2,4,6-9,14-15H2,1,3H3/t17-,29-/m0/s1. The Labute approximate surface area is 174 Å². The third-order valence-electron chi connectivity index (χ3n) is 4.24. The predicted octanol–water partition coefficient (Wildman–Crippen LogP) is 3.31. The van der Waals surface area contributed by atoms with Crippen LogP contribution in [0.4, 0.5) is 0 Å². The fourth-order valence-corrected chi connectivity index (χ4v) is 3.66. The summed E-state index contributed by atoms with van der Waals surface area (Å²) in [6.45, 7) is 7.37. The first-order valence-corrected chi connectivity index (χ1v) is 10.9. The van der Waals surface area contributed by atoms with Crippen molar-refractivity contribution in [2.24, 2.45) is 0 Å². The van der Waals surface area contributed by atoms with Gasteiger partial charge in [0.15, 0.2) is 0 Å². The Hall–Kier alpha value is -2.41. The van der Waals surface area contributed by atoms with E-state index in [-0.39, 0.29) is 13.0 Å². The van der Waals surface area contributed by atoms with Crippen LogP contribution in [-0.4, -0.2) is 39.1 Å². The first-order chi connectivity index (χ1) is 13.9. The molecule has 0 spiro atoms. The molecule has 0 radical (unpaired) electrons. The Kier molecular flexibility index (Phi) is 11.6. The zero-order valence-corrected chi connectivity index (χ0v) is 17.9. The van der Waals surface area contributed by atoms with E-state index in [9.17, 15) is 13.8 Å². The molecule has 1 aromatic rings. The maximum Gasteiger partial charge on any atom is 0.441 e. The molecule has 2 atom stereocenters. The third-order valence-corrected chi connectivity index (χ3v) is 5.48. The number of rotatable bonds is 14. The number of ether oxygens (including phenoxy) is 1. The van der Waals surface area contributed by atoms with Gasteiger partial charge in [0.2, 0.25) is 0 Å². The second-order valence-corrected chi connectivity index (χ2v) is 7.95. The highest BCUT2D eigenvalue weighted by Crippen LogP contribution is 2.13. The van der Waals surface area contributed by atoms with Crippen molar-refractivity contribution in [3.05, 3.63) is 48.0 Å². The predicted molar refractivity (Wildman–Crippen MR) is 113 cm³/mol. The number of carbonyl (C=O) groups excluding carboxylic acids is 2. The van der Waals surface area contributed by atoms with E-state index in [4.69, 9.17) is 10.3 Å². The van der Waals surface area contributed by atoms with Crippen LogP contribution in [-0.2, 0) is 25.3 Å². The first-order valence-electron chi connectivity index (χ1n) is 9.70. The Morgan fingerprint density at radius 1 is 1.28 bits per heavy atom. The van der Waals surface area contributed by atoms with E-state index < -0.39 is 34.5 Å². The van der Waals surface area contributed by atoms with Gasteiger partial charge in [-0.3, -0.25) is 4.79 Å². The average Bonchev–Trinajstić information content (AvgIpc) is 2.70. The van der Waals surface area contributed by atoms with Crippen molar-refractivity contribution >= 4 is 28.4 Å². The molecule has 0 saturated carbocycles. The molecule has 0 amide bonds. The maximum absolute atomic E-state index is 12.7. The van der Waals surface area contributed by atoms with Gasteiger partial charge in [-0.05, 0) is 25.5 Å². The van der Waals surface area contributed by atoms with Gasteiger partial charge in [0.05, 0.1) is 4.90 Å². The lowest BCUT2D eigenvalue weighted by molar-refractivity contribution is -0.141. The van der Waals surface area contributed by atoms with Gasteiger partial charge in [-0.2, -0.15) is 4.79 Å². The number of hydrogen-bond acceptors (Lipinski definition) is 4. The van der Waals surface area contributed by atoms with Gasteiger partial charge in [-0.15, -0.1) is 0 Å². The molecule has 8 heteroatoms. The lowest BCUT2D eigenvalue weighted by Crippen LogP contribution is -2.37. The monoisotopic (exact) mass is 419 g/mol. The van der Waals surface area contributed by atoms with Crippen LogP contribution in [0, 0.1) is 6.92 Å². The fourth-order valence-electron chi connectivity index (χ4n) is 2.64. The van der Waals surface area contributed by atoms with E-state index in [0.717, 1.165) is 31.2 Å². The Morgan fingerprint density at radius 2 is 1.97 bits per heavy atom. The number of carbonyl (C=O) groups is 2. The number of hydrogen-bond donors (Lipinski definition) is 1. The highest BCUT2D eigenvalue weighted by molar-refractivity contribution is 7.83. The highest BCUT2D eigenvalue weighted by atomic mass is 32.2. The largest absolute Gasteiger partial charge is 0.453 e. The van der Waals surface area contributed by atoms with Gasteiger partial charge in [0.25, 0.3) is 5.78 Å². The molecule has 0 aliphatic carbocycles. The normalized spacial score (nSPS) is 12.5. The molecule has 0 aromatic heterocycles. The van der Waals surface area contributed by atoms with Crippen molar-refractivity contribution in [2.75, 3.05) is 6.61 Å². The summed E-state index contributed by atoms with van der Waals surface area (Å²) >= 11 is 0. The molecule has 0 fully saturated rings. The second kappa shape index (κ2) is 13.7. The first kappa shape index (κ1) is 24.6. The number of ketones is 1. The molecule has 158 valence electrons. The summed E-state index contributed by atoms with van der Waals surface area (Å²) < 4.78 is 20.4. The summed E-state index contributed by atoms with van der Waals surface area (Å²) in [5.41, 5.74) is 9.45. The Balaban J connectivity index is 2.84. The van der Waals surface area contributed by atoms with E-state index in [1.54, 1.807) is 12.1 Å². The topological polar surface area (TPSA) is 109 Å². The van der Waals surface area contributed by atoms with Crippen LogP contribution in [0.2, 0.25) is 0 Å². The van der Waals surface area contributed by atoms with Crippen LogP contribution in [0.1, 0.15) is 51.0 Å². The number of nitrogens with one attached hydrogen (secondary N) is 1. The molecular formula is C21H29N3O4S. The molecule has 0 saturated heterocycles. The molecule has 0 aliphatic heterocycles. The molecule has 0 bridgehead atoms. The third kappa shape index (κ3) is 9.09. The van der Waals surface area contributed by atoms with Gasteiger partial charge in [0.1, 0.15) is 17.6 Å². The van der Waals surface area contributed by atoms with Crippen LogP contribution in [0.5, 0.6) is 0 Å². The maximum atomic E-state index is 12.7. The van der Waals surface area contributed by atoms with Crippen molar-refractivity contribution in [3.63, 3.8) is 0 Å². The molecule has 1 aromatic carbocycles. The van der Waals surface area contributed by atoms with Crippen LogP contribution >= 0.6 is 0 Å². The Morgan fingerprint density at radius 3 is 2.55 bits per heavy atom. The summed E-state index contributed by atoms with van der Waals surface area (Å²) in [5, 5.41) is 0. The van der Waals surface area contributed by atoms with Crippen LogP contribution < -0.4 is 4.72 Å². The van der Waals surface area contributed by atoms with Crippen molar-refractivity contribution < 1.29 is 23.3 Å². The average molecular weight is 420 g/mol. The van der Waals surface area contributed by atoms with Gasteiger partial charge < -0.3 is 10.3 Å². The summed E-state index contributed by atoms with van der Waals surface area (Å²) in [5.74, 6) is -1.68. The zero-order valence-electron chi connectivity index (χ0n) is 17.1. The molecule has 0 unspecified atom stereocenters. The van der Waals surface area contributed by atoms with E-state index in [1.165, 1.54) is 6.08 Å². The van der Waals surface area contributed by atoms with Crippen molar-refractivity contribution in [3.8, 4) is 0 Å². The number of Topliss-reactive ketones (excluding diaryl/α,β-unsaturated/α-hetero) is 1. The van der Waals surface area contributed by atoms with E-state index in [2.05, 4.69) is 23.0 Å². The molecule has 1 rings (SSSR count). The minimum absolute atomic E-state index is 0.0960. The van der Waals surface area contributed by atoms with Gasteiger partial charge >= 0.3 is 11.7 Å². The summed E-state index contributed by atoms with van der Waals surface area (Å²) in [6, 6.07) is 6.82. The fraction of sp³-hybridized carbons (Fsp3) is 0.476. The summed E-state index contributed by atoms with van der Waals surface area (Å²) in [6.07, 6.45) is 5.79. The van der Waals surface area contributed by atoms with Gasteiger partial charge in [-0.1, -0.05) is 63.0 Å². The minimum atomic E-state index is -1.51. The van der Waals surface area contributed by atoms with Crippen LogP contribution in [0.3, 0.4) is 0 Å². The molecule has 29 heavy (non-hydrogen) atoms. The van der Waals surface area contributed by atoms with Crippen molar-refractivity contribution in [1.29, 1.82) is 0 Å². The molecule has 7 nitrogen and oxygen atoms in total. The number of nitrogens with zero attached hydrogens (tertiary/aromatic N) is 2. The van der Waals surface area contributed by atoms with E-state index >= 15 is 0 Å². The molecule has 0 heterocycles. The summed E-state index contributed by atoms with van der Waals surface area (Å²) in [4.78, 5) is 27.8. The van der Waals surface area contributed by atoms with E-state index in [1.807, 2.05) is 19.1 Å². The zero-order chi connectivity index (χ0) is 21.6. The van der Waals surface area contributed by atoms with Crippen molar-refractivity contribution in [2.45, 2.75) is 63.3 Å². The number of aryl methyl sites for hydroxylation is 1. The molecule has 0 aliphatic rings. The second-order valence-electron chi connectivity index (χ2n) is 6.71. The Bertz CT molecular complexity index is 771. The lowest BCUT2D eigenvalue weighted by atomic mass is 10.0. The van der Waals surface area contributed by atoms with Crippen LogP contribution in [0.15, 0.2) is 41.8 Å². The SMILES string of the molecule is C=CCOC(=O)C(=[N+]=[N-])C(=O)C[C@H](CCCCCC)N[S@@](=O)c1ccc(C)cc1. The highest BCUT2D eigenvalue weighted by Gasteiger charge is 2.33. The van der Waals surface area contributed by atoms with Gasteiger partial charge in [0, 0.05) is 12.5 Å². The summed E-state index contributed by atoms with van der Waals surface area (Å²) in [7, 11) is -1.51. The molecular weight excluding hydrogens is 390 g/mol. The minimum Gasteiger partial charge on any atom is -0.453 e. The smallest absolute Gasteiger partial charge is 0.441 e. The van der Waals surface area contributed by atoms with Crippen LogP contribution in [0.25, 0.3) is 5.53 Å². The van der Waals surface area contributed by atoms with Gasteiger partial charge in [-0.25, -0.2) is 13.7 Å². The lowest BCUT2D eigenvalue weighted by Gasteiger charge is -2.17. The van der Waals surface area contributed by atoms with E-state index in [0.29, 0.717) is 11.3 Å².